The van der Waals surface area contributed by atoms with Gasteiger partial charge in [0.2, 0.25) is 5.91 Å². The summed E-state index contributed by atoms with van der Waals surface area (Å²) >= 11 is 9.32. The molecule has 8 heteroatoms. The molecule has 1 amide bonds. The Morgan fingerprint density at radius 3 is 2.77 bits per heavy atom. The minimum atomic E-state index is -0.0832. The molecule has 1 N–H and O–H groups in total. The summed E-state index contributed by atoms with van der Waals surface area (Å²) in [7, 11) is 0. The van der Waals surface area contributed by atoms with Crippen LogP contribution in [-0.4, -0.2) is 27.8 Å². The third kappa shape index (κ3) is 5.03. The number of halogens is 1. The van der Waals surface area contributed by atoms with E-state index in [2.05, 4.69) is 5.32 Å². The number of nitrogens with one attached hydrogen (secondary N) is 1. The molecule has 0 fully saturated rings. The Hall–Kier alpha value is -2.61. The Balaban J connectivity index is 1.45. The molecule has 0 saturated heterocycles. The number of aryl methyl sites for hydroxylation is 2. The van der Waals surface area contributed by atoms with Gasteiger partial charge in [0.25, 0.3) is 5.56 Å². The predicted molar refractivity (Wildman–Crippen MR) is 145 cm³/mol. The smallest absolute Gasteiger partial charge is 0.267 e. The van der Waals surface area contributed by atoms with Crippen LogP contribution < -0.4 is 10.9 Å². The Morgan fingerprint density at radius 1 is 1.14 bits per heavy atom. The van der Waals surface area contributed by atoms with Gasteiger partial charge in [-0.2, -0.15) is 0 Å². The van der Waals surface area contributed by atoms with Crippen LogP contribution in [0.5, 0.6) is 0 Å². The molecule has 0 bridgehead atoms. The molecule has 180 valence electrons. The molecule has 5 rings (SSSR count). The highest BCUT2D eigenvalue weighted by atomic mass is 35.5. The van der Waals surface area contributed by atoms with Crippen molar-refractivity contribution in [3.8, 4) is 5.69 Å². The minimum absolute atomic E-state index is 0.0771. The highest BCUT2D eigenvalue weighted by Crippen LogP contribution is 2.35. The van der Waals surface area contributed by atoms with Gasteiger partial charge in [-0.25, -0.2) is 4.98 Å². The normalized spacial score (nSPS) is 13.1. The van der Waals surface area contributed by atoms with E-state index in [0.29, 0.717) is 22.4 Å². The molecule has 0 saturated carbocycles. The zero-order chi connectivity index (χ0) is 24.4. The average Bonchev–Trinajstić information content (AvgIpc) is 3.24. The van der Waals surface area contributed by atoms with Crippen LogP contribution in [0.4, 0.5) is 0 Å². The topological polar surface area (TPSA) is 64.0 Å². The summed E-state index contributed by atoms with van der Waals surface area (Å²) < 4.78 is 1.65. The van der Waals surface area contributed by atoms with Gasteiger partial charge in [-0.3, -0.25) is 14.2 Å². The number of benzene rings is 2. The summed E-state index contributed by atoms with van der Waals surface area (Å²) in [6.45, 7) is 2.47. The number of carbonyl (C=O) groups excluding carboxylic acids is 1. The first-order chi connectivity index (χ1) is 17.0. The van der Waals surface area contributed by atoms with Crippen molar-refractivity contribution in [3.05, 3.63) is 85.5 Å². The highest BCUT2D eigenvalue weighted by molar-refractivity contribution is 7.99. The van der Waals surface area contributed by atoms with Crippen LogP contribution in [-0.2, 0) is 24.1 Å². The second kappa shape index (κ2) is 10.6. The lowest BCUT2D eigenvalue weighted by Crippen LogP contribution is -2.28. The Morgan fingerprint density at radius 2 is 1.94 bits per heavy atom. The third-order valence-electron chi connectivity index (χ3n) is 6.35. The molecule has 0 atom stereocenters. The van der Waals surface area contributed by atoms with Crippen molar-refractivity contribution in [2.45, 2.75) is 44.2 Å². The monoisotopic (exact) mass is 523 g/mol. The van der Waals surface area contributed by atoms with Crippen LogP contribution in [0, 0.1) is 6.92 Å². The molecule has 0 aliphatic heterocycles. The highest BCUT2D eigenvalue weighted by Gasteiger charge is 2.24. The maximum Gasteiger partial charge on any atom is 0.267 e. The lowest BCUT2D eigenvalue weighted by molar-refractivity contribution is -0.118. The molecule has 1 aliphatic rings. The van der Waals surface area contributed by atoms with Gasteiger partial charge in [0.15, 0.2) is 5.16 Å². The van der Waals surface area contributed by atoms with Crippen molar-refractivity contribution in [1.29, 1.82) is 0 Å². The van der Waals surface area contributed by atoms with Gasteiger partial charge in [-0.15, -0.1) is 11.3 Å². The first-order valence-electron chi connectivity index (χ1n) is 11.8. The van der Waals surface area contributed by atoms with Crippen LogP contribution in [0.15, 0.2) is 58.5 Å². The molecular formula is C27H26ClN3O2S2. The zero-order valence-corrected chi connectivity index (χ0v) is 21.9. The Kier molecular flexibility index (Phi) is 7.27. The van der Waals surface area contributed by atoms with Crippen LogP contribution >= 0.6 is 34.7 Å². The van der Waals surface area contributed by atoms with Crippen LogP contribution in [0.3, 0.4) is 0 Å². The predicted octanol–water partition coefficient (Wildman–Crippen LogP) is 5.74. The van der Waals surface area contributed by atoms with Gasteiger partial charge in [-0.1, -0.05) is 59.8 Å². The number of thioether (sulfide) groups is 1. The lowest BCUT2D eigenvalue weighted by Gasteiger charge is -2.16. The summed E-state index contributed by atoms with van der Waals surface area (Å²) in [5, 5.41) is 4.81. The lowest BCUT2D eigenvalue weighted by atomic mass is 9.97. The van der Waals surface area contributed by atoms with Crippen LogP contribution in [0.25, 0.3) is 15.9 Å². The van der Waals surface area contributed by atoms with Crippen molar-refractivity contribution in [1.82, 2.24) is 14.9 Å². The standard InChI is InChI=1S/C27H26ClN3O2S2/c1-17-20(28)11-7-12-21(17)31-26(33)24-19-10-5-6-13-22(19)35-25(24)30-27(31)34-16-23(32)29-15-14-18-8-3-2-4-9-18/h2-4,7-9,11-12H,5-6,10,13-16H2,1H3,(H,29,32). The minimum Gasteiger partial charge on any atom is -0.355 e. The first-order valence-corrected chi connectivity index (χ1v) is 14.0. The van der Waals surface area contributed by atoms with Crippen molar-refractivity contribution in [2.24, 2.45) is 0 Å². The van der Waals surface area contributed by atoms with Gasteiger partial charge in [0.1, 0.15) is 4.83 Å². The van der Waals surface area contributed by atoms with Gasteiger partial charge in [0, 0.05) is 16.4 Å². The first kappa shape index (κ1) is 24.1. The number of amides is 1. The van der Waals surface area contributed by atoms with E-state index in [1.165, 1.54) is 22.2 Å². The third-order valence-corrected chi connectivity index (χ3v) is 8.88. The summed E-state index contributed by atoms with van der Waals surface area (Å²) in [5.41, 5.74) is 3.78. The molecule has 5 nitrogen and oxygen atoms in total. The second-order valence-corrected chi connectivity index (χ2v) is 11.1. The second-order valence-electron chi connectivity index (χ2n) is 8.68. The quantitative estimate of drug-likeness (QED) is 0.248. The van der Waals surface area contributed by atoms with E-state index >= 15 is 0 Å². The fourth-order valence-electron chi connectivity index (χ4n) is 4.51. The fourth-order valence-corrected chi connectivity index (χ4v) is 6.81. The summed E-state index contributed by atoms with van der Waals surface area (Å²) in [4.78, 5) is 33.5. The maximum atomic E-state index is 13.9. The summed E-state index contributed by atoms with van der Waals surface area (Å²) in [6.07, 6.45) is 4.92. The average molecular weight is 524 g/mol. The number of hydrogen-bond donors (Lipinski definition) is 1. The molecule has 0 unspecified atom stereocenters. The summed E-state index contributed by atoms with van der Waals surface area (Å²) in [6, 6.07) is 15.6. The molecule has 1 aliphatic carbocycles. The number of hydrogen-bond acceptors (Lipinski definition) is 5. The molecule has 2 aromatic heterocycles. The van der Waals surface area contributed by atoms with E-state index in [0.717, 1.165) is 53.4 Å². The molecule has 2 heterocycles. The van der Waals surface area contributed by atoms with Crippen molar-refractivity contribution < 1.29 is 4.79 Å². The van der Waals surface area contributed by atoms with Gasteiger partial charge >= 0.3 is 0 Å². The van der Waals surface area contributed by atoms with Crippen LogP contribution in [0.2, 0.25) is 5.02 Å². The van der Waals surface area contributed by atoms with Crippen LogP contribution in [0.1, 0.15) is 34.4 Å². The van der Waals surface area contributed by atoms with Gasteiger partial charge in [-0.05, 0) is 67.9 Å². The Labute approximate surface area is 217 Å². The fraction of sp³-hybridized carbons (Fsp3) is 0.296. The molecule has 35 heavy (non-hydrogen) atoms. The largest absolute Gasteiger partial charge is 0.355 e. The van der Waals surface area contributed by atoms with E-state index in [1.807, 2.05) is 55.5 Å². The number of rotatable bonds is 7. The van der Waals surface area contributed by atoms with Gasteiger partial charge < -0.3 is 5.32 Å². The summed E-state index contributed by atoms with van der Waals surface area (Å²) in [5.74, 6) is 0.0948. The van der Waals surface area contributed by atoms with E-state index in [4.69, 9.17) is 16.6 Å². The van der Waals surface area contributed by atoms with Crippen molar-refractivity contribution >= 4 is 50.8 Å². The number of carbonyl (C=O) groups is 1. The molecule has 0 spiro atoms. The number of aromatic nitrogens is 2. The molecule has 2 aromatic carbocycles. The van der Waals surface area contributed by atoms with E-state index < -0.39 is 0 Å². The van der Waals surface area contributed by atoms with E-state index in [9.17, 15) is 9.59 Å². The number of nitrogens with zero attached hydrogens (tertiary/aromatic N) is 2. The van der Waals surface area contributed by atoms with E-state index in [1.54, 1.807) is 15.9 Å². The van der Waals surface area contributed by atoms with Crippen molar-refractivity contribution in [2.75, 3.05) is 12.3 Å². The SMILES string of the molecule is Cc1c(Cl)cccc1-n1c(SCC(=O)NCCc2ccccc2)nc2sc3c(c2c1=O)CCCC3. The number of thiophene rings is 1. The molecule has 4 aromatic rings. The van der Waals surface area contributed by atoms with E-state index in [-0.39, 0.29) is 17.2 Å². The maximum absolute atomic E-state index is 13.9. The molecule has 0 radical (unpaired) electrons. The van der Waals surface area contributed by atoms with Gasteiger partial charge in [0.05, 0.1) is 16.8 Å². The number of fused-ring (bicyclic) bond motifs is 3. The molecular weight excluding hydrogens is 498 g/mol. The van der Waals surface area contributed by atoms with Crippen molar-refractivity contribution in [3.63, 3.8) is 0 Å². The Bertz CT molecular complexity index is 1450. The zero-order valence-electron chi connectivity index (χ0n) is 19.5.